The number of unbranched alkanes of at least 4 members (excludes halogenated alkanes) is 1. The molecule has 1 atom stereocenters. The highest BCUT2D eigenvalue weighted by atomic mass is 35.5. The van der Waals surface area contributed by atoms with Crippen LogP contribution in [0.5, 0.6) is 0 Å². The van der Waals surface area contributed by atoms with Crippen molar-refractivity contribution in [3.63, 3.8) is 0 Å². The van der Waals surface area contributed by atoms with Gasteiger partial charge >= 0.3 is 0 Å². The maximum absolute atomic E-state index is 12.0. The van der Waals surface area contributed by atoms with Crippen LogP contribution in [0.2, 0.25) is 5.02 Å². The van der Waals surface area contributed by atoms with E-state index in [4.69, 9.17) is 11.6 Å². The standard InChI is InChI=1S/C21H22ClN5OS/c1-2-3-12-27-18(14-8-10-15(22)11-9-14)13-29-21(27)26-24-19-16-6-4-5-7-17(16)20(28)25-23-19/h4-11,18H,2-3,12-13H2,1H3,(H,23,24)(H,25,28)/b26-21-. The van der Waals surface area contributed by atoms with Crippen molar-refractivity contribution >= 4 is 45.1 Å². The predicted molar refractivity (Wildman–Crippen MR) is 122 cm³/mol. The summed E-state index contributed by atoms with van der Waals surface area (Å²) < 4.78 is 0. The van der Waals surface area contributed by atoms with E-state index >= 15 is 0 Å². The Bertz CT molecular complexity index is 1080. The zero-order chi connectivity index (χ0) is 20.2. The molecule has 1 aliphatic rings. The average molecular weight is 428 g/mol. The monoisotopic (exact) mass is 427 g/mol. The third-order valence-corrected chi connectivity index (χ3v) is 6.27. The maximum atomic E-state index is 12.0. The van der Waals surface area contributed by atoms with Crippen LogP contribution >= 0.6 is 23.4 Å². The third-order valence-electron chi connectivity index (χ3n) is 4.95. The second-order valence-electron chi connectivity index (χ2n) is 6.88. The molecule has 0 saturated carbocycles. The van der Waals surface area contributed by atoms with Crippen LogP contribution in [0.4, 0.5) is 5.82 Å². The summed E-state index contributed by atoms with van der Waals surface area (Å²) in [5.41, 5.74) is 4.09. The first-order chi connectivity index (χ1) is 14.2. The number of fused-ring (bicyclic) bond motifs is 1. The van der Waals surface area contributed by atoms with E-state index in [1.165, 1.54) is 5.56 Å². The van der Waals surface area contributed by atoms with Gasteiger partial charge < -0.3 is 4.90 Å². The summed E-state index contributed by atoms with van der Waals surface area (Å²) in [6, 6.07) is 15.7. The molecule has 0 spiro atoms. The van der Waals surface area contributed by atoms with Gasteiger partial charge in [-0.1, -0.05) is 67.0 Å². The van der Waals surface area contributed by atoms with Gasteiger partial charge in [-0.25, -0.2) is 5.10 Å². The van der Waals surface area contributed by atoms with Crippen molar-refractivity contribution in [1.29, 1.82) is 0 Å². The van der Waals surface area contributed by atoms with Crippen molar-refractivity contribution in [1.82, 2.24) is 15.1 Å². The number of amidine groups is 1. The molecule has 0 aliphatic carbocycles. The Morgan fingerprint density at radius 2 is 2.00 bits per heavy atom. The number of benzene rings is 2. The molecule has 0 radical (unpaired) electrons. The number of thioether (sulfide) groups is 1. The zero-order valence-corrected chi connectivity index (χ0v) is 17.6. The Balaban J connectivity index is 1.61. The molecular weight excluding hydrogens is 406 g/mol. The Morgan fingerprint density at radius 3 is 2.76 bits per heavy atom. The van der Waals surface area contributed by atoms with Crippen molar-refractivity contribution in [2.75, 3.05) is 17.7 Å². The molecule has 29 heavy (non-hydrogen) atoms. The summed E-state index contributed by atoms with van der Waals surface area (Å²) in [6.45, 7) is 3.11. The number of nitrogens with one attached hydrogen (secondary N) is 2. The fraction of sp³-hybridized carbons (Fsp3) is 0.286. The van der Waals surface area contributed by atoms with Crippen LogP contribution < -0.4 is 11.0 Å². The van der Waals surface area contributed by atoms with E-state index in [1.807, 2.05) is 30.3 Å². The summed E-state index contributed by atoms with van der Waals surface area (Å²) in [7, 11) is 0. The topological polar surface area (TPSA) is 73.4 Å². The van der Waals surface area contributed by atoms with Crippen LogP contribution in [-0.2, 0) is 0 Å². The molecule has 1 aliphatic heterocycles. The number of hydrogen-bond acceptors (Lipinski definition) is 5. The Morgan fingerprint density at radius 1 is 1.24 bits per heavy atom. The van der Waals surface area contributed by atoms with Crippen LogP contribution in [0.15, 0.2) is 58.4 Å². The first kappa shape index (κ1) is 19.8. The van der Waals surface area contributed by atoms with E-state index < -0.39 is 0 Å². The number of H-pyrrole nitrogens is 1. The van der Waals surface area contributed by atoms with Gasteiger partial charge in [0.05, 0.1) is 11.4 Å². The molecule has 2 heterocycles. The fourth-order valence-corrected chi connectivity index (χ4v) is 4.70. The van der Waals surface area contributed by atoms with E-state index in [0.29, 0.717) is 11.2 Å². The summed E-state index contributed by atoms with van der Waals surface area (Å²) in [5.74, 6) is 1.46. The minimum Gasteiger partial charge on any atom is -0.342 e. The number of hydrazone groups is 1. The minimum absolute atomic E-state index is 0.207. The van der Waals surface area contributed by atoms with Crippen molar-refractivity contribution in [2.45, 2.75) is 25.8 Å². The van der Waals surface area contributed by atoms with Crippen LogP contribution in [0, 0.1) is 0 Å². The molecule has 3 aromatic rings. The molecule has 1 fully saturated rings. The second-order valence-corrected chi connectivity index (χ2v) is 8.30. The Hall–Kier alpha value is -2.51. The van der Waals surface area contributed by atoms with Gasteiger partial charge in [-0.05, 0) is 30.2 Å². The van der Waals surface area contributed by atoms with Crippen LogP contribution in [0.3, 0.4) is 0 Å². The summed E-state index contributed by atoms with van der Waals surface area (Å²) in [4.78, 5) is 14.3. The van der Waals surface area contributed by atoms with Crippen molar-refractivity contribution < 1.29 is 0 Å². The van der Waals surface area contributed by atoms with Gasteiger partial charge in [0.25, 0.3) is 5.56 Å². The molecule has 6 nitrogen and oxygen atoms in total. The molecular formula is C21H22ClN5OS. The molecule has 0 amide bonds. The number of halogens is 1. The lowest BCUT2D eigenvalue weighted by Gasteiger charge is -2.26. The van der Waals surface area contributed by atoms with Crippen LogP contribution in [-0.4, -0.2) is 32.6 Å². The lowest BCUT2D eigenvalue weighted by molar-refractivity contribution is 0.350. The van der Waals surface area contributed by atoms with Gasteiger partial charge in [-0.3, -0.25) is 10.2 Å². The normalized spacial score (nSPS) is 17.9. The third kappa shape index (κ3) is 4.26. The Kier molecular flexibility index (Phi) is 6.06. The SMILES string of the molecule is CCCCN1/C(=N/Nc2n[nH]c(=O)c3ccccc23)SCC1c1ccc(Cl)cc1. The highest BCUT2D eigenvalue weighted by Crippen LogP contribution is 2.36. The number of rotatable bonds is 6. The summed E-state index contributed by atoms with van der Waals surface area (Å²) in [6.07, 6.45) is 2.20. The lowest BCUT2D eigenvalue weighted by atomic mass is 10.1. The maximum Gasteiger partial charge on any atom is 0.272 e. The number of aromatic amines is 1. The van der Waals surface area contributed by atoms with Gasteiger partial charge in [0.1, 0.15) is 0 Å². The highest BCUT2D eigenvalue weighted by molar-refractivity contribution is 8.14. The molecule has 2 aromatic carbocycles. The highest BCUT2D eigenvalue weighted by Gasteiger charge is 2.31. The molecule has 2 N–H and O–H groups in total. The van der Waals surface area contributed by atoms with Gasteiger partial charge in [0.2, 0.25) is 0 Å². The van der Waals surface area contributed by atoms with Gasteiger partial charge in [0.15, 0.2) is 11.0 Å². The zero-order valence-electron chi connectivity index (χ0n) is 16.1. The van der Waals surface area contributed by atoms with Crippen LogP contribution in [0.25, 0.3) is 10.8 Å². The molecule has 1 unspecified atom stereocenters. The molecule has 1 aromatic heterocycles. The smallest absolute Gasteiger partial charge is 0.272 e. The van der Waals surface area contributed by atoms with Crippen molar-refractivity contribution in [3.8, 4) is 0 Å². The average Bonchev–Trinajstić information content (AvgIpc) is 3.15. The van der Waals surface area contributed by atoms with E-state index in [1.54, 1.807) is 17.8 Å². The number of aromatic nitrogens is 2. The summed E-state index contributed by atoms with van der Waals surface area (Å²) >= 11 is 7.78. The fourth-order valence-electron chi connectivity index (χ4n) is 3.40. The van der Waals surface area contributed by atoms with Gasteiger partial charge in [-0.2, -0.15) is 5.10 Å². The van der Waals surface area contributed by atoms with Crippen LogP contribution in [0.1, 0.15) is 31.4 Å². The molecule has 8 heteroatoms. The molecule has 1 saturated heterocycles. The molecule has 0 bridgehead atoms. The first-order valence-corrected chi connectivity index (χ1v) is 11.0. The van der Waals surface area contributed by atoms with Crippen molar-refractivity contribution in [3.05, 3.63) is 69.5 Å². The van der Waals surface area contributed by atoms with Gasteiger partial charge in [0, 0.05) is 22.7 Å². The summed E-state index contributed by atoms with van der Waals surface area (Å²) in [5, 5.41) is 14.3. The van der Waals surface area contributed by atoms with E-state index in [2.05, 4.69) is 44.7 Å². The minimum atomic E-state index is -0.207. The van der Waals surface area contributed by atoms with E-state index in [9.17, 15) is 4.79 Å². The van der Waals surface area contributed by atoms with Gasteiger partial charge in [-0.15, -0.1) is 5.10 Å². The largest absolute Gasteiger partial charge is 0.342 e. The predicted octanol–water partition coefficient (Wildman–Crippen LogP) is 4.85. The van der Waals surface area contributed by atoms with E-state index in [0.717, 1.165) is 40.7 Å². The number of hydrogen-bond donors (Lipinski definition) is 2. The quantitative estimate of drug-likeness (QED) is 0.550. The van der Waals surface area contributed by atoms with Crippen molar-refractivity contribution in [2.24, 2.45) is 5.10 Å². The lowest BCUT2D eigenvalue weighted by Crippen LogP contribution is -2.29. The first-order valence-electron chi connectivity index (χ1n) is 9.63. The second kappa shape index (κ2) is 8.88. The van der Waals surface area contributed by atoms with E-state index in [-0.39, 0.29) is 11.6 Å². The molecule has 4 rings (SSSR count). The number of anilines is 1. The number of nitrogens with zero attached hydrogens (tertiary/aromatic N) is 3. The Labute approximate surface area is 178 Å². The molecule has 150 valence electrons.